The SMILES string of the molecule is Cc1nnc(SCc2nc(C(C)(C)C)no2)n1Cc1ccccc1. The number of hydrogen-bond acceptors (Lipinski definition) is 6. The summed E-state index contributed by atoms with van der Waals surface area (Å²) in [4.78, 5) is 4.46. The third-order valence-corrected chi connectivity index (χ3v) is 4.50. The molecule has 0 aliphatic heterocycles. The van der Waals surface area contributed by atoms with Gasteiger partial charge < -0.3 is 9.09 Å². The lowest BCUT2D eigenvalue weighted by Gasteiger charge is -2.10. The van der Waals surface area contributed by atoms with E-state index in [1.165, 1.54) is 5.56 Å². The van der Waals surface area contributed by atoms with Crippen LogP contribution >= 0.6 is 11.8 Å². The van der Waals surface area contributed by atoms with Gasteiger partial charge in [0.25, 0.3) is 0 Å². The summed E-state index contributed by atoms with van der Waals surface area (Å²) in [5.74, 6) is 2.80. The van der Waals surface area contributed by atoms with Gasteiger partial charge in [0.1, 0.15) is 5.82 Å². The molecule has 0 N–H and O–H groups in total. The van der Waals surface area contributed by atoms with Crippen molar-refractivity contribution in [2.75, 3.05) is 0 Å². The van der Waals surface area contributed by atoms with Crippen molar-refractivity contribution in [3.63, 3.8) is 0 Å². The average molecular weight is 343 g/mol. The minimum atomic E-state index is -0.115. The van der Waals surface area contributed by atoms with Crippen LogP contribution in [-0.4, -0.2) is 24.9 Å². The van der Waals surface area contributed by atoms with Gasteiger partial charge in [0.15, 0.2) is 11.0 Å². The van der Waals surface area contributed by atoms with Crippen LogP contribution in [-0.2, 0) is 17.7 Å². The van der Waals surface area contributed by atoms with E-state index in [0.717, 1.165) is 23.4 Å². The standard InChI is InChI=1S/C17H21N5OS/c1-12-19-20-16(22(12)10-13-8-6-5-7-9-13)24-11-14-18-15(21-23-14)17(2,3)4/h5-9H,10-11H2,1-4H3. The molecule has 6 nitrogen and oxygen atoms in total. The van der Waals surface area contributed by atoms with Gasteiger partial charge in [0.05, 0.1) is 12.3 Å². The van der Waals surface area contributed by atoms with Crippen molar-refractivity contribution in [2.45, 2.75) is 50.6 Å². The van der Waals surface area contributed by atoms with Crippen molar-refractivity contribution in [3.8, 4) is 0 Å². The first kappa shape index (κ1) is 16.7. The first-order valence-corrected chi connectivity index (χ1v) is 8.81. The fourth-order valence-corrected chi connectivity index (χ4v) is 2.98. The van der Waals surface area contributed by atoms with Gasteiger partial charge in [0, 0.05) is 5.41 Å². The zero-order valence-electron chi connectivity index (χ0n) is 14.4. The average Bonchev–Trinajstić information content (AvgIpc) is 3.15. The minimum absolute atomic E-state index is 0.115. The highest BCUT2D eigenvalue weighted by Gasteiger charge is 2.21. The summed E-state index contributed by atoms with van der Waals surface area (Å²) in [6, 6.07) is 10.3. The van der Waals surface area contributed by atoms with Crippen LogP contribution in [0.1, 0.15) is 43.9 Å². The summed E-state index contributed by atoms with van der Waals surface area (Å²) in [7, 11) is 0. The summed E-state index contributed by atoms with van der Waals surface area (Å²) in [6.45, 7) is 8.90. The number of nitrogens with zero attached hydrogens (tertiary/aromatic N) is 5. The lowest BCUT2D eigenvalue weighted by molar-refractivity contribution is 0.372. The highest BCUT2D eigenvalue weighted by molar-refractivity contribution is 7.98. The van der Waals surface area contributed by atoms with Crippen LogP contribution < -0.4 is 0 Å². The van der Waals surface area contributed by atoms with E-state index in [9.17, 15) is 0 Å². The van der Waals surface area contributed by atoms with Crippen molar-refractivity contribution in [3.05, 3.63) is 53.4 Å². The van der Waals surface area contributed by atoms with Crippen LogP contribution in [0.5, 0.6) is 0 Å². The van der Waals surface area contributed by atoms with Crippen LogP contribution in [0.15, 0.2) is 40.0 Å². The van der Waals surface area contributed by atoms with Gasteiger partial charge in [-0.1, -0.05) is 68.0 Å². The Balaban J connectivity index is 1.71. The molecule has 0 radical (unpaired) electrons. The molecule has 0 saturated carbocycles. The molecule has 0 bridgehead atoms. The lowest BCUT2D eigenvalue weighted by Crippen LogP contribution is -2.13. The summed E-state index contributed by atoms with van der Waals surface area (Å²) >= 11 is 1.56. The number of benzene rings is 1. The second-order valence-electron chi connectivity index (χ2n) is 6.65. The minimum Gasteiger partial charge on any atom is -0.338 e. The lowest BCUT2D eigenvalue weighted by atomic mass is 9.96. The molecule has 0 aliphatic rings. The molecule has 0 fully saturated rings. The molecule has 24 heavy (non-hydrogen) atoms. The maximum atomic E-state index is 5.34. The van der Waals surface area contributed by atoms with E-state index in [2.05, 4.69) is 57.8 Å². The van der Waals surface area contributed by atoms with E-state index in [1.54, 1.807) is 11.8 Å². The number of rotatable bonds is 5. The molecular formula is C17H21N5OS. The normalized spacial score (nSPS) is 11.8. The van der Waals surface area contributed by atoms with E-state index < -0.39 is 0 Å². The largest absolute Gasteiger partial charge is 0.338 e. The van der Waals surface area contributed by atoms with Crippen molar-refractivity contribution >= 4 is 11.8 Å². The van der Waals surface area contributed by atoms with Crippen LogP contribution in [0.4, 0.5) is 0 Å². The second kappa shape index (κ2) is 6.76. The predicted molar refractivity (Wildman–Crippen MR) is 92.9 cm³/mol. The number of aryl methyl sites for hydroxylation is 1. The topological polar surface area (TPSA) is 69.6 Å². The Kier molecular flexibility index (Phi) is 4.71. The number of hydrogen-bond donors (Lipinski definition) is 0. The van der Waals surface area contributed by atoms with E-state index in [4.69, 9.17) is 4.52 Å². The molecule has 0 amide bonds. The molecule has 7 heteroatoms. The van der Waals surface area contributed by atoms with Gasteiger partial charge in [-0.3, -0.25) is 0 Å². The fourth-order valence-electron chi connectivity index (χ4n) is 2.16. The van der Waals surface area contributed by atoms with Crippen molar-refractivity contribution < 1.29 is 4.52 Å². The molecule has 2 aromatic heterocycles. The summed E-state index contributed by atoms with van der Waals surface area (Å²) in [5.41, 5.74) is 1.10. The summed E-state index contributed by atoms with van der Waals surface area (Å²) in [5, 5.41) is 13.4. The van der Waals surface area contributed by atoms with Crippen LogP contribution in [0.2, 0.25) is 0 Å². The first-order valence-electron chi connectivity index (χ1n) is 7.83. The van der Waals surface area contributed by atoms with Gasteiger partial charge in [-0.05, 0) is 12.5 Å². The summed E-state index contributed by atoms with van der Waals surface area (Å²) in [6.07, 6.45) is 0. The number of aromatic nitrogens is 5. The van der Waals surface area contributed by atoms with Crippen LogP contribution in [0.3, 0.4) is 0 Å². The molecule has 0 saturated heterocycles. The van der Waals surface area contributed by atoms with Crippen LogP contribution in [0.25, 0.3) is 0 Å². The molecule has 126 valence electrons. The maximum Gasteiger partial charge on any atom is 0.237 e. The Bertz CT molecular complexity index is 804. The molecule has 0 atom stereocenters. The van der Waals surface area contributed by atoms with Crippen molar-refractivity contribution in [1.82, 2.24) is 24.9 Å². The third kappa shape index (κ3) is 3.84. The Hall–Kier alpha value is -2.15. The van der Waals surface area contributed by atoms with Crippen LogP contribution in [0, 0.1) is 6.92 Å². The summed E-state index contributed by atoms with van der Waals surface area (Å²) < 4.78 is 7.44. The third-order valence-electron chi connectivity index (χ3n) is 3.55. The first-order chi connectivity index (χ1) is 11.4. The molecular weight excluding hydrogens is 322 g/mol. The van der Waals surface area contributed by atoms with Gasteiger partial charge >= 0.3 is 0 Å². The molecule has 3 aromatic rings. The van der Waals surface area contributed by atoms with E-state index in [0.29, 0.717) is 11.6 Å². The Morgan fingerprint density at radius 1 is 1.12 bits per heavy atom. The van der Waals surface area contributed by atoms with Gasteiger partial charge in [-0.25, -0.2) is 0 Å². The Morgan fingerprint density at radius 2 is 1.88 bits per heavy atom. The Morgan fingerprint density at radius 3 is 2.54 bits per heavy atom. The zero-order valence-corrected chi connectivity index (χ0v) is 15.2. The highest BCUT2D eigenvalue weighted by Crippen LogP contribution is 2.24. The molecule has 1 aromatic carbocycles. The van der Waals surface area contributed by atoms with E-state index >= 15 is 0 Å². The van der Waals surface area contributed by atoms with Gasteiger partial charge in [0.2, 0.25) is 5.89 Å². The van der Waals surface area contributed by atoms with Gasteiger partial charge in [-0.15, -0.1) is 10.2 Å². The molecule has 0 spiro atoms. The second-order valence-corrected chi connectivity index (χ2v) is 7.59. The zero-order chi connectivity index (χ0) is 17.2. The molecule has 3 rings (SSSR count). The fraction of sp³-hybridized carbons (Fsp3) is 0.412. The smallest absolute Gasteiger partial charge is 0.237 e. The maximum absolute atomic E-state index is 5.34. The van der Waals surface area contributed by atoms with Gasteiger partial charge in [-0.2, -0.15) is 4.98 Å². The quantitative estimate of drug-likeness (QED) is 0.659. The van der Waals surface area contributed by atoms with Crippen molar-refractivity contribution in [2.24, 2.45) is 0 Å². The monoisotopic (exact) mass is 343 g/mol. The Labute approximate surface area is 145 Å². The number of thioether (sulfide) groups is 1. The molecule has 0 unspecified atom stereocenters. The van der Waals surface area contributed by atoms with E-state index in [1.807, 2.05) is 25.1 Å². The predicted octanol–water partition coefficient (Wildman–Crippen LogP) is 3.61. The van der Waals surface area contributed by atoms with Crippen molar-refractivity contribution in [1.29, 1.82) is 0 Å². The molecule has 0 aliphatic carbocycles. The molecule has 2 heterocycles. The van der Waals surface area contributed by atoms with E-state index in [-0.39, 0.29) is 5.41 Å². The highest BCUT2D eigenvalue weighted by atomic mass is 32.2.